The van der Waals surface area contributed by atoms with Gasteiger partial charge in [-0.15, -0.1) is 0 Å². The lowest BCUT2D eigenvalue weighted by molar-refractivity contribution is -0.143. The number of aliphatic imine (C=N–C) groups is 1. The van der Waals surface area contributed by atoms with E-state index in [1.807, 2.05) is 0 Å². The molecule has 1 rings (SSSR count). The third-order valence-corrected chi connectivity index (χ3v) is 2.40. The molecule has 0 heterocycles. The third-order valence-electron chi connectivity index (χ3n) is 2.40. The Kier molecular flexibility index (Phi) is 4.27. The standard InChI is InChI=1S/C12H11F6N/c1-3-19-7(2)8-4-9(11(13,14)15)6-10(5-8)12(16,17)18/h4-6H,3H2,1-2H3. The van der Waals surface area contributed by atoms with Gasteiger partial charge >= 0.3 is 12.4 Å². The molecule has 1 nitrogen and oxygen atoms in total. The van der Waals surface area contributed by atoms with E-state index in [1.165, 1.54) is 6.92 Å². The van der Waals surface area contributed by atoms with Gasteiger partial charge < -0.3 is 0 Å². The second-order valence-electron chi connectivity index (χ2n) is 3.85. The lowest BCUT2D eigenvalue weighted by Gasteiger charge is -2.14. The molecule has 1 aromatic rings. The van der Waals surface area contributed by atoms with Gasteiger partial charge in [-0.25, -0.2) is 0 Å². The van der Waals surface area contributed by atoms with Gasteiger partial charge in [0.15, 0.2) is 0 Å². The normalized spacial score (nSPS) is 13.8. The van der Waals surface area contributed by atoms with Crippen molar-refractivity contribution in [1.29, 1.82) is 0 Å². The SMILES string of the molecule is CCN=C(C)c1cc(C(F)(F)F)cc(C(F)(F)F)c1. The molecule has 0 aliphatic heterocycles. The molecular formula is C12H11F6N. The molecule has 0 saturated carbocycles. The molecule has 0 N–H and O–H groups in total. The fourth-order valence-electron chi connectivity index (χ4n) is 1.49. The fourth-order valence-corrected chi connectivity index (χ4v) is 1.49. The van der Waals surface area contributed by atoms with E-state index >= 15 is 0 Å². The minimum absolute atomic E-state index is 0.0999. The van der Waals surface area contributed by atoms with Crippen LogP contribution in [0.25, 0.3) is 0 Å². The van der Waals surface area contributed by atoms with Gasteiger partial charge in [0.25, 0.3) is 0 Å². The molecule has 0 atom stereocenters. The fraction of sp³-hybridized carbons (Fsp3) is 0.417. The van der Waals surface area contributed by atoms with Crippen LogP contribution in [-0.4, -0.2) is 12.3 Å². The van der Waals surface area contributed by atoms with Crippen LogP contribution in [0.15, 0.2) is 23.2 Å². The Labute approximate surface area is 106 Å². The predicted molar refractivity (Wildman–Crippen MR) is 59.2 cm³/mol. The highest BCUT2D eigenvalue weighted by Crippen LogP contribution is 2.36. The molecule has 0 aliphatic carbocycles. The zero-order valence-corrected chi connectivity index (χ0v) is 10.2. The van der Waals surface area contributed by atoms with Crippen molar-refractivity contribution in [2.75, 3.05) is 6.54 Å². The Bertz CT molecular complexity index is 452. The smallest absolute Gasteiger partial charge is 0.290 e. The summed E-state index contributed by atoms with van der Waals surface area (Å²) in [7, 11) is 0. The number of rotatable bonds is 2. The molecule has 1 aromatic carbocycles. The van der Waals surface area contributed by atoms with E-state index in [1.54, 1.807) is 6.92 Å². The monoisotopic (exact) mass is 283 g/mol. The van der Waals surface area contributed by atoms with Crippen molar-refractivity contribution < 1.29 is 26.3 Å². The molecule has 19 heavy (non-hydrogen) atoms. The third kappa shape index (κ3) is 3.97. The molecule has 7 heteroatoms. The number of alkyl halides is 6. The van der Waals surface area contributed by atoms with Gasteiger partial charge in [0.2, 0.25) is 0 Å². The summed E-state index contributed by atoms with van der Waals surface area (Å²) < 4.78 is 75.5. The number of nitrogens with zero attached hydrogens (tertiary/aromatic N) is 1. The van der Waals surface area contributed by atoms with Crippen LogP contribution in [0.3, 0.4) is 0 Å². The van der Waals surface area contributed by atoms with Crippen LogP contribution < -0.4 is 0 Å². The Morgan fingerprint density at radius 2 is 1.37 bits per heavy atom. The van der Waals surface area contributed by atoms with E-state index in [0.717, 1.165) is 0 Å². The van der Waals surface area contributed by atoms with Crippen molar-refractivity contribution in [2.45, 2.75) is 26.2 Å². The number of benzene rings is 1. The van der Waals surface area contributed by atoms with Crippen LogP contribution in [0.1, 0.15) is 30.5 Å². The van der Waals surface area contributed by atoms with E-state index in [9.17, 15) is 26.3 Å². The van der Waals surface area contributed by atoms with Crippen molar-refractivity contribution in [2.24, 2.45) is 4.99 Å². The maximum Gasteiger partial charge on any atom is 0.416 e. The van der Waals surface area contributed by atoms with Crippen LogP contribution in [0.5, 0.6) is 0 Å². The van der Waals surface area contributed by atoms with E-state index in [0.29, 0.717) is 12.1 Å². The summed E-state index contributed by atoms with van der Waals surface area (Å²) in [6.07, 6.45) is -9.66. The summed E-state index contributed by atoms with van der Waals surface area (Å²) >= 11 is 0. The summed E-state index contributed by atoms with van der Waals surface area (Å²) in [6, 6.07) is 1.44. The van der Waals surface area contributed by atoms with Gasteiger partial charge in [-0.1, -0.05) is 0 Å². The molecular weight excluding hydrogens is 272 g/mol. The Morgan fingerprint density at radius 3 is 1.68 bits per heavy atom. The van der Waals surface area contributed by atoms with Gasteiger partial charge in [0.1, 0.15) is 0 Å². The maximum atomic E-state index is 12.6. The van der Waals surface area contributed by atoms with Crippen molar-refractivity contribution in [3.8, 4) is 0 Å². The van der Waals surface area contributed by atoms with E-state index in [4.69, 9.17) is 0 Å². The first-order chi connectivity index (χ1) is 8.55. The summed E-state index contributed by atoms with van der Waals surface area (Å²) in [4.78, 5) is 3.82. The highest BCUT2D eigenvalue weighted by Gasteiger charge is 2.37. The Balaban J connectivity index is 3.46. The maximum absolute atomic E-state index is 12.6. The minimum atomic E-state index is -4.83. The van der Waals surface area contributed by atoms with Crippen LogP contribution in [-0.2, 0) is 12.4 Å². The Hall–Kier alpha value is -1.53. The van der Waals surface area contributed by atoms with E-state index in [-0.39, 0.29) is 23.9 Å². The van der Waals surface area contributed by atoms with Gasteiger partial charge in [-0.2, -0.15) is 26.3 Å². The molecule has 0 unspecified atom stereocenters. The highest BCUT2D eigenvalue weighted by atomic mass is 19.4. The molecule has 0 spiro atoms. The molecule has 0 fully saturated rings. The first-order valence-electron chi connectivity index (χ1n) is 5.36. The average molecular weight is 283 g/mol. The van der Waals surface area contributed by atoms with Crippen LogP contribution in [0.4, 0.5) is 26.3 Å². The summed E-state index contributed by atoms with van der Waals surface area (Å²) in [5.41, 5.74) is -2.70. The van der Waals surface area contributed by atoms with Crippen LogP contribution in [0.2, 0.25) is 0 Å². The zero-order valence-electron chi connectivity index (χ0n) is 10.2. The summed E-state index contributed by atoms with van der Waals surface area (Å²) in [6.45, 7) is 3.30. The molecule has 0 aromatic heterocycles. The molecule has 0 bridgehead atoms. The van der Waals surface area contributed by atoms with Crippen molar-refractivity contribution in [3.63, 3.8) is 0 Å². The summed E-state index contributed by atoms with van der Waals surface area (Å²) in [5.74, 6) is 0. The quantitative estimate of drug-likeness (QED) is 0.557. The second-order valence-corrected chi connectivity index (χ2v) is 3.85. The highest BCUT2D eigenvalue weighted by molar-refractivity contribution is 5.99. The van der Waals surface area contributed by atoms with E-state index in [2.05, 4.69) is 4.99 Å². The largest absolute Gasteiger partial charge is 0.416 e. The van der Waals surface area contributed by atoms with Crippen molar-refractivity contribution in [1.82, 2.24) is 0 Å². The summed E-state index contributed by atoms with van der Waals surface area (Å²) in [5, 5.41) is 0. The number of halogens is 6. The first kappa shape index (κ1) is 15.5. The molecule has 0 radical (unpaired) electrons. The topological polar surface area (TPSA) is 12.4 Å². The van der Waals surface area contributed by atoms with Crippen molar-refractivity contribution >= 4 is 5.71 Å². The minimum Gasteiger partial charge on any atom is -0.290 e. The van der Waals surface area contributed by atoms with Gasteiger partial charge in [-0.05, 0) is 37.6 Å². The molecule has 0 saturated heterocycles. The molecule has 106 valence electrons. The molecule has 0 amide bonds. The first-order valence-corrected chi connectivity index (χ1v) is 5.36. The van der Waals surface area contributed by atoms with Crippen LogP contribution >= 0.6 is 0 Å². The number of hydrogen-bond acceptors (Lipinski definition) is 1. The zero-order chi connectivity index (χ0) is 14.8. The van der Waals surface area contributed by atoms with Crippen molar-refractivity contribution in [3.05, 3.63) is 34.9 Å². The molecule has 0 aliphatic rings. The Morgan fingerprint density at radius 1 is 0.947 bits per heavy atom. The predicted octanol–water partition coefficient (Wildman–Crippen LogP) is 4.55. The van der Waals surface area contributed by atoms with Gasteiger partial charge in [0.05, 0.1) is 11.1 Å². The van der Waals surface area contributed by atoms with Gasteiger partial charge in [0, 0.05) is 12.3 Å². The second kappa shape index (κ2) is 5.22. The average Bonchev–Trinajstić information content (AvgIpc) is 2.26. The van der Waals surface area contributed by atoms with Gasteiger partial charge in [-0.3, -0.25) is 4.99 Å². The lowest BCUT2D eigenvalue weighted by atomic mass is 10.0. The van der Waals surface area contributed by atoms with E-state index < -0.39 is 23.5 Å². The lowest BCUT2D eigenvalue weighted by Crippen LogP contribution is -2.13. The van der Waals surface area contributed by atoms with Crippen LogP contribution in [0, 0.1) is 0 Å². The number of hydrogen-bond donors (Lipinski definition) is 0.